The van der Waals surface area contributed by atoms with E-state index in [2.05, 4.69) is 32.9 Å². The third-order valence-electron chi connectivity index (χ3n) is 5.54. The summed E-state index contributed by atoms with van der Waals surface area (Å²) in [5.74, 6) is 2.77. The van der Waals surface area contributed by atoms with Crippen LogP contribution in [0.25, 0.3) is 0 Å². The average Bonchev–Trinajstić information content (AvgIpc) is 2.45. The van der Waals surface area contributed by atoms with Gasteiger partial charge in [-0.2, -0.15) is 0 Å². The summed E-state index contributed by atoms with van der Waals surface area (Å²) in [6.07, 6.45) is 13.2. The summed E-state index contributed by atoms with van der Waals surface area (Å²) < 4.78 is 5.82. The van der Waals surface area contributed by atoms with E-state index >= 15 is 0 Å². The molecule has 2 aliphatic carbocycles. The molecule has 2 heteroatoms. The van der Waals surface area contributed by atoms with E-state index in [1.165, 1.54) is 38.5 Å². The van der Waals surface area contributed by atoms with Crippen molar-refractivity contribution >= 4 is 0 Å². The third kappa shape index (κ3) is 4.08. The summed E-state index contributed by atoms with van der Waals surface area (Å²) in [7, 11) is 0. The normalized spacial score (nSPS) is 43.0. The molecule has 2 N–H and O–H groups in total. The lowest BCUT2D eigenvalue weighted by atomic mass is 9.75. The molecule has 0 aromatic heterocycles. The van der Waals surface area contributed by atoms with Crippen LogP contribution >= 0.6 is 0 Å². The summed E-state index contributed by atoms with van der Waals surface area (Å²) in [4.78, 5) is 0. The Hall–Kier alpha value is -0.340. The number of ether oxygens (including phenoxy) is 1. The van der Waals surface area contributed by atoms with Crippen LogP contribution in [-0.2, 0) is 4.74 Å². The second kappa shape index (κ2) is 7.61. The van der Waals surface area contributed by atoms with Crippen molar-refractivity contribution in [3.8, 4) is 0 Å². The highest BCUT2D eigenvalue weighted by Gasteiger charge is 2.33. The van der Waals surface area contributed by atoms with Gasteiger partial charge in [0.15, 0.2) is 0 Å². The smallest absolute Gasteiger partial charge is 0.0615 e. The maximum Gasteiger partial charge on any atom is 0.0615 e. The van der Waals surface area contributed by atoms with Crippen LogP contribution in [0.5, 0.6) is 0 Å². The zero-order valence-electron chi connectivity index (χ0n) is 13.6. The molecule has 0 spiro atoms. The second-order valence-corrected chi connectivity index (χ2v) is 7.08. The molecular formula is C18H33NO. The van der Waals surface area contributed by atoms with Crippen LogP contribution in [0.3, 0.4) is 0 Å². The number of hydrogen-bond donors (Lipinski definition) is 1. The van der Waals surface area contributed by atoms with E-state index in [-0.39, 0.29) is 6.04 Å². The van der Waals surface area contributed by atoms with E-state index in [4.69, 9.17) is 10.5 Å². The maximum atomic E-state index is 6.45. The van der Waals surface area contributed by atoms with Crippen molar-refractivity contribution in [1.82, 2.24) is 0 Å². The Bertz CT molecular complexity index is 307. The van der Waals surface area contributed by atoms with Crippen molar-refractivity contribution in [2.75, 3.05) is 6.61 Å². The number of hydrogen-bond acceptors (Lipinski definition) is 2. The van der Waals surface area contributed by atoms with Crippen molar-refractivity contribution < 1.29 is 4.74 Å². The molecule has 2 rings (SSSR count). The zero-order chi connectivity index (χ0) is 14.5. The molecule has 0 saturated heterocycles. The number of nitrogens with two attached hydrogens (primary N) is 1. The summed E-state index contributed by atoms with van der Waals surface area (Å²) in [5.41, 5.74) is 6.45. The molecule has 0 bridgehead atoms. The summed E-state index contributed by atoms with van der Waals surface area (Å²) in [6, 6.07) is 0.263. The van der Waals surface area contributed by atoms with Crippen LogP contribution in [0.4, 0.5) is 0 Å². The molecule has 0 aromatic rings. The van der Waals surface area contributed by atoms with E-state index in [1.807, 2.05) is 0 Å². The van der Waals surface area contributed by atoms with Gasteiger partial charge in [0.05, 0.1) is 6.10 Å². The Morgan fingerprint density at radius 2 is 1.70 bits per heavy atom. The van der Waals surface area contributed by atoms with Gasteiger partial charge in [-0.3, -0.25) is 0 Å². The standard InChI is InChI=1S/C18H33NO/c1-4-20-17-12-11-16(18(19)14(17)3)10-9-15-7-5-13(2)6-8-15/h9-10,13-18H,4-8,11-12,19H2,1-3H3. The largest absolute Gasteiger partial charge is 0.378 e. The highest BCUT2D eigenvalue weighted by molar-refractivity contribution is 5.02. The van der Waals surface area contributed by atoms with Crippen LogP contribution in [0.1, 0.15) is 59.3 Å². The van der Waals surface area contributed by atoms with Gasteiger partial charge in [-0.15, -0.1) is 0 Å². The van der Waals surface area contributed by atoms with Crippen molar-refractivity contribution in [3.63, 3.8) is 0 Å². The molecule has 20 heavy (non-hydrogen) atoms. The fourth-order valence-corrected chi connectivity index (χ4v) is 3.90. The Morgan fingerprint density at radius 3 is 2.35 bits per heavy atom. The third-order valence-corrected chi connectivity index (χ3v) is 5.54. The van der Waals surface area contributed by atoms with Gasteiger partial charge in [0.2, 0.25) is 0 Å². The van der Waals surface area contributed by atoms with Crippen LogP contribution < -0.4 is 5.73 Å². The fraction of sp³-hybridized carbons (Fsp3) is 0.889. The Kier molecular flexibility index (Phi) is 6.10. The highest BCUT2D eigenvalue weighted by Crippen LogP contribution is 2.33. The van der Waals surface area contributed by atoms with Crippen LogP contribution in [-0.4, -0.2) is 18.8 Å². The first-order chi connectivity index (χ1) is 9.61. The minimum Gasteiger partial charge on any atom is -0.378 e. The van der Waals surface area contributed by atoms with Gasteiger partial charge >= 0.3 is 0 Å². The SMILES string of the molecule is CCOC1CCC(C=CC2CCC(C)CC2)C(N)C1C. The van der Waals surface area contributed by atoms with Crippen LogP contribution in [0.15, 0.2) is 12.2 Å². The average molecular weight is 279 g/mol. The molecular weight excluding hydrogens is 246 g/mol. The summed E-state index contributed by atoms with van der Waals surface area (Å²) in [5, 5.41) is 0. The zero-order valence-corrected chi connectivity index (χ0v) is 13.6. The molecule has 0 heterocycles. The molecule has 4 atom stereocenters. The predicted molar refractivity (Wildman–Crippen MR) is 85.5 cm³/mol. The molecule has 0 aromatic carbocycles. The lowest BCUT2D eigenvalue weighted by Crippen LogP contribution is -2.46. The molecule has 4 unspecified atom stereocenters. The van der Waals surface area contributed by atoms with Crippen molar-refractivity contribution in [2.24, 2.45) is 29.4 Å². The van der Waals surface area contributed by atoms with E-state index in [0.717, 1.165) is 18.4 Å². The van der Waals surface area contributed by atoms with Crippen molar-refractivity contribution in [3.05, 3.63) is 12.2 Å². The van der Waals surface area contributed by atoms with Crippen molar-refractivity contribution in [1.29, 1.82) is 0 Å². The molecule has 0 radical (unpaired) electrons. The first-order valence-electron chi connectivity index (χ1n) is 8.67. The highest BCUT2D eigenvalue weighted by atomic mass is 16.5. The maximum absolute atomic E-state index is 6.45. The van der Waals surface area contributed by atoms with Gasteiger partial charge in [-0.25, -0.2) is 0 Å². The first kappa shape index (κ1) is 16.0. The second-order valence-electron chi connectivity index (χ2n) is 7.08. The minimum absolute atomic E-state index is 0.263. The summed E-state index contributed by atoms with van der Waals surface area (Å²) >= 11 is 0. The topological polar surface area (TPSA) is 35.2 Å². The van der Waals surface area contributed by atoms with Crippen LogP contribution in [0, 0.1) is 23.7 Å². The Morgan fingerprint density at radius 1 is 1.00 bits per heavy atom. The van der Waals surface area contributed by atoms with E-state index in [1.54, 1.807) is 0 Å². The van der Waals surface area contributed by atoms with Gasteiger partial charge in [0.25, 0.3) is 0 Å². The van der Waals surface area contributed by atoms with E-state index in [0.29, 0.717) is 17.9 Å². The lowest BCUT2D eigenvalue weighted by molar-refractivity contribution is -0.0143. The molecule has 2 fully saturated rings. The molecule has 0 aliphatic heterocycles. The number of allylic oxidation sites excluding steroid dienone is 1. The Balaban J connectivity index is 1.84. The molecule has 0 amide bonds. The van der Waals surface area contributed by atoms with Crippen LogP contribution in [0.2, 0.25) is 0 Å². The minimum atomic E-state index is 0.263. The van der Waals surface area contributed by atoms with E-state index < -0.39 is 0 Å². The fourth-order valence-electron chi connectivity index (χ4n) is 3.90. The molecule has 2 saturated carbocycles. The van der Waals surface area contributed by atoms with Gasteiger partial charge in [0, 0.05) is 12.6 Å². The Labute approximate surface area is 125 Å². The van der Waals surface area contributed by atoms with Gasteiger partial charge in [-0.1, -0.05) is 38.8 Å². The predicted octanol–water partition coefficient (Wildman–Crippen LogP) is 4.15. The van der Waals surface area contributed by atoms with Gasteiger partial charge in [-0.05, 0) is 56.3 Å². The number of rotatable bonds is 4. The van der Waals surface area contributed by atoms with Gasteiger partial charge in [0.1, 0.15) is 0 Å². The van der Waals surface area contributed by atoms with Crippen molar-refractivity contribution in [2.45, 2.75) is 71.4 Å². The summed E-state index contributed by atoms with van der Waals surface area (Å²) in [6.45, 7) is 7.52. The first-order valence-corrected chi connectivity index (χ1v) is 8.67. The lowest BCUT2D eigenvalue weighted by Gasteiger charge is -2.38. The van der Waals surface area contributed by atoms with E-state index in [9.17, 15) is 0 Å². The molecule has 2 nitrogen and oxygen atoms in total. The molecule has 116 valence electrons. The molecule has 2 aliphatic rings. The van der Waals surface area contributed by atoms with Gasteiger partial charge < -0.3 is 10.5 Å². The monoisotopic (exact) mass is 279 g/mol. The quantitative estimate of drug-likeness (QED) is 0.785.